The van der Waals surface area contributed by atoms with Gasteiger partial charge in [0.25, 0.3) is 10.0 Å². The maximum absolute atomic E-state index is 13.0. The molecule has 2 aromatic carbocycles. The molecule has 21 heavy (non-hydrogen) atoms. The van der Waals surface area contributed by atoms with Crippen LogP contribution in [0.4, 0.5) is 11.4 Å². The molecule has 1 aliphatic heterocycles. The zero-order valence-corrected chi connectivity index (χ0v) is 12.7. The van der Waals surface area contributed by atoms with Crippen LogP contribution in [0.3, 0.4) is 0 Å². The molecule has 0 amide bonds. The van der Waals surface area contributed by atoms with E-state index in [1.165, 1.54) is 4.31 Å². The first-order valence-electron chi connectivity index (χ1n) is 7.01. The highest BCUT2D eigenvalue weighted by Gasteiger charge is 2.27. The summed E-state index contributed by atoms with van der Waals surface area (Å²) in [5.41, 5.74) is 2.53. The molecule has 4 nitrogen and oxygen atoms in total. The van der Waals surface area contributed by atoms with E-state index in [2.05, 4.69) is 5.32 Å². The first-order chi connectivity index (χ1) is 10.1. The molecular weight excluding hydrogens is 284 g/mol. The van der Waals surface area contributed by atoms with Crippen LogP contribution >= 0.6 is 0 Å². The van der Waals surface area contributed by atoms with Gasteiger partial charge in [-0.1, -0.05) is 24.3 Å². The molecule has 1 aliphatic rings. The van der Waals surface area contributed by atoms with Gasteiger partial charge in [0.15, 0.2) is 0 Å². The van der Waals surface area contributed by atoms with Gasteiger partial charge in [-0.2, -0.15) is 0 Å². The third kappa shape index (κ3) is 2.61. The van der Waals surface area contributed by atoms with Gasteiger partial charge in [0.05, 0.1) is 16.3 Å². The summed E-state index contributed by atoms with van der Waals surface area (Å²) in [6.45, 7) is 3.16. The van der Waals surface area contributed by atoms with Gasteiger partial charge in [-0.25, -0.2) is 8.42 Å². The molecular formula is C16H18N2O2S. The highest BCUT2D eigenvalue weighted by atomic mass is 32.2. The van der Waals surface area contributed by atoms with Crippen molar-refractivity contribution in [3.05, 3.63) is 54.1 Å². The van der Waals surface area contributed by atoms with Gasteiger partial charge in [0, 0.05) is 13.1 Å². The molecule has 0 radical (unpaired) electrons. The van der Waals surface area contributed by atoms with Gasteiger partial charge >= 0.3 is 0 Å². The van der Waals surface area contributed by atoms with E-state index in [1.54, 1.807) is 18.2 Å². The van der Waals surface area contributed by atoms with Crippen LogP contribution in [-0.2, 0) is 10.0 Å². The lowest BCUT2D eigenvalue weighted by Crippen LogP contribution is -2.31. The first-order valence-corrected chi connectivity index (χ1v) is 8.45. The molecule has 2 aromatic rings. The van der Waals surface area contributed by atoms with Gasteiger partial charge in [-0.15, -0.1) is 0 Å². The Morgan fingerprint density at radius 3 is 2.71 bits per heavy atom. The van der Waals surface area contributed by atoms with Gasteiger partial charge in [-0.3, -0.25) is 4.31 Å². The van der Waals surface area contributed by atoms with E-state index in [0.29, 0.717) is 11.4 Å². The molecule has 0 spiro atoms. The van der Waals surface area contributed by atoms with Gasteiger partial charge < -0.3 is 5.32 Å². The van der Waals surface area contributed by atoms with E-state index in [9.17, 15) is 8.42 Å². The van der Waals surface area contributed by atoms with Crippen molar-refractivity contribution in [3.63, 3.8) is 0 Å². The molecule has 0 atom stereocenters. The summed E-state index contributed by atoms with van der Waals surface area (Å²) in [5.74, 6) is 0. The van der Waals surface area contributed by atoms with Crippen molar-refractivity contribution in [3.8, 4) is 0 Å². The molecule has 0 bridgehead atoms. The Bertz CT molecular complexity index is 756. The molecule has 0 aliphatic carbocycles. The summed E-state index contributed by atoms with van der Waals surface area (Å²) in [5, 5.41) is 3.28. The summed E-state index contributed by atoms with van der Waals surface area (Å²) in [7, 11) is -3.53. The second kappa shape index (κ2) is 5.41. The average molecular weight is 302 g/mol. The van der Waals surface area contributed by atoms with Crippen LogP contribution in [0.5, 0.6) is 0 Å². The number of fused-ring (bicyclic) bond motifs is 1. The second-order valence-corrected chi connectivity index (χ2v) is 7.05. The lowest BCUT2D eigenvalue weighted by molar-refractivity contribution is 0.590. The second-order valence-electron chi connectivity index (χ2n) is 5.19. The van der Waals surface area contributed by atoms with Gasteiger partial charge in [0.1, 0.15) is 0 Å². The predicted octanol–water partition coefficient (Wildman–Crippen LogP) is 3.01. The normalized spacial score (nSPS) is 15.0. The van der Waals surface area contributed by atoms with E-state index in [-0.39, 0.29) is 0 Å². The third-order valence-corrected chi connectivity index (χ3v) is 5.41. The number of para-hydroxylation sites is 2. The highest BCUT2D eigenvalue weighted by Crippen LogP contribution is 2.32. The van der Waals surface area contributed by atoms with Crippen LogP contribution < -0.4 is 9.62 Å². The maximum Gasteiger partial charge on any atom is 0.264 e. The Kier molecular flexibility index (Phi) is 3.59. The van der Waals surface area contributed by atoms with E-state index in [4.69, 9.17) is 0 Å². The van der Waals surface area contributed by atoms with Crippen molar-refractivity contribution in [1.82, 2.24) is 0 Å². The topological polar surface area (TPSA) is 49.4 Å². The Labute approximate surface area is 125 Å². The monoisotopic (exact) mass is 302 g/mol. The van der Waals surface area contributed by atoms with E-state index in [1.807, 2.05) is 37.3 Å². The van der Waals surface area contributed by atoms with Crippen molar-refractivity contribution in [2.24, 2.45) is 0 Å². The Hall–Kier alpha value is -2.01. The number of hydrogen-bond acceptors (Lipinski definition) is 3. The number of hydrogen-bond donors (Lipinski definition) is 1. The molecule has 1 N–H and O–H groups in total. The number of anilines is 2. The van der Waals surface area contributed by atoms with Crippen LogP contribution in [0.2, 0.25) is 0 Å². The number of aryl methyl sites for hydroxylation is 1. The van der Waals surface area contributed by atoms with E-state index < -0.39 is 10.0 Å². The largest absolute Gasteiger partial charge is 0.383 e. The van der Waals surface area contributed by atoms with E-state index in [0.717, 1.165) is 29.9 Å². The molecule has 0 fully saturated rings. The van der Waals surface area contributed by atoms with Crippen molar-refractivity contribution in [1.29, 1.82) is 0 Å². The smallest absolute Gasteiger partial charge is 0.264 e. The number of benzene rings is 2. The Morgan fingerprint density at radius 2 is 1.90 bits per heavy atom. The molecule has 0 unspecified atom stereocenters. The third-order valence-electron chi connectivity index (χ3n) is 3.60. The van der Waals surface area contributed by atoms with Crippen molar-refractivity contribution >= 4 is 21.4 Å². The minimum absolute atomic E-state index is 0.346. The van der Waals surface area contributed by atoms with Crippen LogP contribution in [0.15, 0.2) is 53.4 Å². The minimum atomic E-state index is -3.53. The van der Waals surface area contributed by atoms with Crippen molar-refractivity contribution in [2.75, 3.05) is 22.7 Å². The zero-order chi connectivity index (χ0) is 14.9. The Balaban J connectivity index is 2.11. The standard InChI is InChI=1S/C16H18N2O2S/c1-13-6-4-7-14(12-13)21(19,20)18-11-5-10-17-15-8-2-3-9-16(15)18/h2-4,6-9,12,17H,5,10-11H2,1H3. The summed E-state index contributed by atoms with van der Waals surface area (Å²) < 4.78 is 27.4. The van der Waals surface area contributed by atoms with Gasteiger partial charge in [0.2, 0.25) is 0 Å². The lowest BCUT2D eigenvalue weighted by Gasteiger charge is -2.24. The maximum atomic E-state index is 13.0. The predicted molar refractivity (Wildman–Crippen MR) is 85.3 cm³/mol. The first kappa shape index (κ1) is 13.9. The number of nitrogens with zero attached hydrogens (tertiary/aromatic N) is 1. The molecule has 0 saturated heterocycles. The molecule has 0 saturated carbocycles. The van der Waals surface area contributed by atoms with Crippen LogP contribution in [0.25, 0.3) is 0 Å². The fraction of sp³-hybridized carbons (Fsp3) is 0.250. The summed E-state index contributed by atoms with van der Waals surface area (Å²) in [4.78, 5) is 0.346. The minimum Gasteiger partial charge on any atom is -0.383 e. The molecule has 110 valence electrons. The molecule has 5 heteroatoms. The SMILES string of the molecule is Cc1cccc(S(=O)(=O)N2CCCNc3ccccc32)c1. The summed E-state index contributed by atoms with van der Waals surface area (Å²) >= 11 is 0. The fourth-order valence-electron chi connectivity index (χ4n) is 2.56. The average Bonchev–Trinajstić information content (AvgIpc) is 2.70. The quantitative estimate of drug-likeness (QED) is 0.927. The number of sulfonamides is 1. The van der Waals surface area contributed by atoms with Gasteiger partial charge in [-0.05, 0) is 43.2 Å². The molecule has 1 heterocycles. The fourth-order valence-corrected chi connectivity index (χ4v) is 4.19. The number of nitrogens with one attached hydrogen (secondary N) is 1. The van der Waals surface area contributed by atoms with Crippen LogP contribution in [0.1, 0.15) is 12.0 Å². The highest BCUT2D eigenvalue weighted by molar-refractivity contribution is 7.92. The van der Waals surface area contributed by atoms with Crippen LogP contribution in [-0.4, -0.2) is 21.5 Å². The Morgan fingerprint density at radius 1 is 1.10 bits per heavy atom. The molecule has 0 aromatic heterocycles. The van der Waals surface area contributed by atoms with E-state index >= 15 is 0 Å². The zero-order valence-electron chi connectivity index (χ0n) is 11.9. The molecule has 3 rings (SSSR count). The van der Waals surface area contributed by atoms with Crippen molar-refractivity contribution < 1.29 is 8.42 Å². The van der Waals surface area contributed by atoms with Crippen LogP contribution in [0, 0.1) is 6.92 Å². The summed E-state index contributed by atoms with van der Waals surface area (Å²) in [6.07, 6.45) is 0.778. The lowest BCUT2D eigenvalue weighted by atomic mass is 10.2. The van der Waals surface area contributed by atoms with Crippen molar-refractivity contribution in [2.45, 2.75) is 18.2 Å². The summed E-state index contributed by atoms with van der Waals surface area (Å²) in [6, 6.07) is 14.6. The number of rotatable bonds is 2.